The highest BCUT2D eigenvalue weighted by Crippen LogP contribution is 2.28. The summed E-state index contributed by atoms with van der Waals surface area (Å²) in [6, 6.07) is 5.60. The molecule has 0 fully saturated rings. The van der Waals surface area contributed by atoms with Gasteiger partial charge in [0, 0.05) is 16.6 Å². The summed E-state index contributed by atoms with van der Waals surface area (Å²) in [6.07, 6.45) is 2.83. The third-order valence-electron chi connectivity index (χ3n) is 2.83. The molecule has 2 rings (SSSR count). The average molecular weight is 282 g/mol. The largest absolute Gasteiger partial charge is 0.485 e. The predicted molar refractivity (Wildman–Crippen MR) is 72.1 cm³/mol. The molecule has 0 aliphatic rings. The quantitative estimate of drug-likeness (QED) is 0.881. The highest BCUT2D eigenvalue weighted by molar-refractivity contribution is 6.31. The third-order valence-corrected chi connectivity index (χ3v) is 3.18. The van der Waals surface area contributed by atoms with Crippen LogP contribution in [0.25, 0.3) is 0 Å². The molecule has 0 spiro atoms. The van der Waals surface area contributed by atoms with E-state index in [1.807, 2.05) is 25.1 Å². The van der Waals surface area contributed by atoms with E-state index in [4.69, 9.17) is 22.1 Å². The van der Waals surface area contributed by atoms with Gasteiger partial charge in [-0.25, -0.2) is 0 Å². The summed E-state index contributed by atoms with van der Waals surface area (Å²) in [5.74, 6) is 1.20. The van der Waals surface area contributed by atoms with Gasteiger partial charge in [-0.2, -0.15) is 4.98 Å². The molecule has 0 bridgehead atoms. The molecule has 6 heteroatoms. The first kappa shape index (κ1) is 13.8. The van der Waals surface area contributed by atoms with Crippen LogP contribution in [-0.2, 0) is 13.0 Å². The lowest BCUT2D eigenvalue weighted by Crippen LogP contribution is -2.22. The SMILES string of the molecule is CCC(N)Cc1c(Cl)cccc1OCc1ncon1. The molecule has 0 aliphatic heterocycles. The Hall–Kier alpha value is -1.59. The van der Waals surface area contributed by atoms with Gasteiger partial charge in [0.25, 0.3) is 0 Å². The second-order valence-corrected chi connectivity index (χ2v) is 4.63. The molecule has 1 aromatic heterocycles. The summed E-state index contributed by atoms with van der Waals surface area (Å²) in [4.78, 5) is 3.90. The molecule has 1 unspecified atom stereocenters. The van der Waals surface area contributed by atoms with Gasteiger partial charge in [0.2, 0.25) is 12.2 Å². The summed E-state index contributed by atoms with van der Waals surface area (Å²) >= 11 is 6.21. The molecule has 5 nitrogen and oxygen atoms in total. The standard InChI is InChI=1S/C13H16ClN3O2/c1-2-9(15)6-10-11(14)4-3-5-12(10)18-7-13-16-8-19-17-13/h3-5,8-9H,2,6-7,15H2,1H3. The van der Waals surface area contributed by atoms with Crippen LogP contribution in [0.3, 0.4) is 0 Å². The van der Waals surface area contributed by atoms with E-state index >= 15 is 0 Å². The lowest BCUT2D eigenvalue weighted by atomic mass is 10.0. The van der Waals surface area contributed by atoms with E-state index in [0.717, 1.165) is 12.0 Å². The van der Waals surface area contributed by atoms with Gasteiger partial charge in [0.05, 0.1) is 0 Å². The minimum atomic E-state index is 0.0624. The third kappa shape index (κ3) is 3.68. The summed E-state index contributed by atoms with van der Waals surface area (Å²) in [5, 5.41) is 4.35. The van der Waals surface area contributed by atoms with Gasteiger partial charge >= 0.3 is 0 Å². The van der Waals surface area contributed by atoms with Crippen molar-refractivity contribution in [3.05, 3.63) is 41.0 Å². The molecule has 19 heavy (non-hydrogen) atoms. The van der Waals surface area contributed by atoms with Crippen LogP contribution in [0.4, 0.5) is 0 Å². The normalized spacial score (nSPS) is 12.4. The molecule has 0 saturated carbocycles. The number of ether oxygens (including phenoxy) is 1. The highest BCUT2D eigenvalue weighted by atomic mass is 35.5. The van der Waals surface area contributed by atoms with Crippen LogP contribution >= 0.6 is 11.6 Å². The van der Waals surface area contributed by atoms with E-state index < -0.39 is 0 Å². The number of rotatable bonds is 6. The lowest BCUT2D eigenvalue weighted by Gasteiger charge is -2.15. The van der Waals surface area contributed by atoms with Gasteiger partial charge in [-0.1, -0.05) is 29.7 Å². The molecular weight excluding hydrogens is 266 g/mol. The van der Waals surface area contributed by atoms with Crippen molar-refractivity contribution in [3.63, 3.8) is 0 Å². The average Bonchev–Trinajstić information content (AvgIpc) is 2.92. The van der Waals surface area contributed by atoms with Crippen molar-refractivity contribution < 1.29 is 9.26 Å². The fraction of sp³-hybridized carbons (Fsp3) is 0.385. The maximum absolute atomic E-state index is 6.21. The Morgan fingerprint density at radius 3 is 3.00 bits per heavy atom. The summed E-state index contributed by atoms with van der Waals surface area (Å²) < 4.78 is 10.3. The van der Waals surface area contributed by atoms with Gasteiger partial charge in [-0.3, -0.25) is 0 Å². The van der Waals surface area contributed by atoms with Crippen LogP contribution in [0.1, 0.15) is 24.7 Å². The van der Waals surface area contributed by atoms with Gasteiger partial charge in [0.15, 0.2) is 6.61 Å². The Kier molecular flexibility index (Phi) is 4.76. The number of nitrogens with two attached hydrogens (primary N) is 1. The number of hydrogen-bond donors (Lipinski definition) is 1. The number of nitrogens with zero attached hydrogens (tertiary/aromatic N) is 2. The Labute approximate surface area is 116 Å². The second-order valence-electron chi connectivity index (χ2n) is 4.23. The van der Waals surface area contributed by atoms with Crippen LogP contribution in [0, 0.1) is 0 Å². The molecule has 102 valence electrons. The first-order valence-electron chi connectivity index (χ1n) is 6.11. The van der Waals surface area contributed by atoms with Crippen molar-refractivity contribution in [1.82, 2.24) is 10.1 Å². The Balaban J connectivity index is 2.12. The van der Waals surface area contributed by atoms with Crippen LogP contribution < -0.4 is 10.5 Å². The predicted octanol–water partition coefficient (Wildman–Crippen LogP) is 2.58. The molecule has 0 saturated heterocycles. The zero-order chi connectivity index (χ0) is 13.7. The van der Waals surface area contributed by atoms with E-state index in [9.17, 15) is 0 Å². The Bertz CT molecular complexity index is 517. The van der Waals surface area contributed by atoms with E-state index in [1.54, 1.807) is 0 Å². The molecule has 0 aliphatic carbocycles. The van der Waals surface area contributed by atoms with Crippen molar-refractivity contribution >= 4 is 11.6 Å². The highest BCUT2D eigenvalue weighted by Gasteiger charge is 2.12. The van der Waals surface area contributed by atoms with Gasteiger partial charge in [0.1, 0.15) is 5.75 Å². The first-order valence-corrected chi connectivity index (χ1v) is 6.49. The lowest BCUT2D eigenvalue weighted by molar-refractivity contribution is 0.283. The maximum atomic E-state index is 6.21. The van der Waals surface area contributed by atoms with Crippen LogP contribution in [0.5, 0.6) is 5.75 Å². The summed E-state index contributed by atoms with van der Waals surface area (Å²) in [5.41, 5.74) is 6.90. The van der Waals surface area contributed by atoms with Gasteiger partial charge in [-0.05, 0) is 25.0 Å². The number of aromatic nitrogens is 2. The van der Waals surface area contributed by atoms with E-state index in [-0.39, 0.29) is 12.6 Å². The van der Waals surface area contributed by atoms with Crippen molar-refractivity contribution in [2.45, 2.75) is 32.4 Å². The monoisotopic (exact) mass is 281 g/mol. The minimum absolute atomic E-state index is 0.0624. The number of benzene rings is 1. The molecule has 1 heterocycles. The summed E-state index contributed by atoms with van der Waals surface area (Å²) in [7, 11) is 0. The maximum Gasteiger partial charge on any atom is 0.213 e. The van der Waals surface area contributed by atoms with Crippen LogP contribution in [0.15, 0.2) is 29.1 Å². The zero-order valence-corrected chi connectivity index (χ0v) is 11.4. The smallest absolute Gasteiger partial charge is 0.213 e. The van der Waals surface area contributed by atoms with E-state index in [2.05, 4.69) is 14.7 Å². The van der Waals surface area contributed by atoms with Gasteiger partial charge < -0.3 is 15.0 Å². The van der Waals surface area contributed by atoms with Crippen molar-refractivity contribution in [3.8, 4) is 5.75 Å². The van der Waals surface area contributed by atoms with Crippen molar-refractivity contribution in [2.24, 2.45) is 5.73 Å². The second kappa shape index (κ2) is 6.54. The van der Waals surface area contributed by atoms with Crippen molar-refractivity contribution in [1.29, 1.82) is 0 Å². The van der Waals surface area contributed by atoms with Gasteiger partial charge in [-0.15, -0.1) is 0 Å². The Morgan fingerprint density at radius 1 is 1.47 bits per heavy atom. The van der Waals surface area contributed by atoms with E-state index in [1.165, 1.54) is 6.39 Å². The zero-order valence-electron chi connectivity index (χ0n) is 10.7. The first-order chi connectivity index (χ1) is 9.20. The molecule has 0 radical (unpaired) electrons. The van der Waals surface area contributed by atoms with E-state index in [0.29, 0.717) is 23.0 Å². The molecule has 2 N–H and O–H groups in total. The summed E-state index contributed by atoms with van der Waals surface area (Å²) in [6.45, 7) is 2.28. The topological polar surface area (TPSA) is 74.2 Å². The molecule has 1 atom stereocenters. The number of hydrogen-bond acceptors (Lipinski definition) is 5. The van der Waals surface area contributed by atoms with Crippen LogP contribution in [-0.4, -0.2) is 16.2 Å². The Morgan fingerprint density at radius 2 is 2.32 bits per heavy atom. The fourth-order valence-electron chi connectivity index (χ4n) is 1.68. The molecule has 1 aromatic carbocycles. The fourth-order valence-corrected chi connectivity index (χ4v) is 1.92. The molecule has 0 amide bonds. The minimum Gasteiger partial charge on any atom is -0.485 e. The molecule has 2 aromatic rings. The van der Waals surface area contributed by atoms with Crippen LogP contribution in [0.2, 0.25) is 5.02 Å². The molecular formula is C13H16ClN3O2. The van der Waals surface area contributed by atoms with Crippen molar-refractivity contribution in [2.75, 3.05) is 0 Å². The number of halogens is 1.